The lowest BCUT2D eigenvalue weighted by Gasteiger charge is -2.35. The highest BCUT2D eigenvalue weighted by Gasteiger charge is 2.22. The molecule has 2 aromatic rings. The maximum absolute atomic E-state index is 12.0. The van der Waals surface area contributed by atoms with Gasteiger partial charge >= 0.3 is 0 Å². The van der Waals surface area contributed by atoms with Crippen LogP contribution >= 0.6 is 0 Å². The number of hydrogen-bond donors (Lipinski definition) is 2. The van der Waals surface area contributed by atoms with Crippen LogP contribution in [0, 0.1) is 6.92 Å². The van der Waals surface area contributed by atoms with Gasteiger partial charge in [0, 0.05) is 39.4 Å². The predicted molar refractivity (Wildman–Crippen MR) is 86.2 cm³/mol. The van der Waals surface area contributed by atoms with Crippen molar-refractivity contribution in [3.8, 4) is 0 Å². The number of nitrogens with zero attached hydrogens (tertiary/aromatic N) is 5. The van der Waals surface area contributed by atoms with E-state index in [4.69, 9.17) is 0 Å². The van der Waals surface area contributed by atoms with Gasteiger partial charge in [-0.25, -0.2) is 9.97 Å². The average Bonchev–Trinajstić information content (AvgIpc) is 3.00. The number of rotatable bonds is 4. The van der Waals surface area contributed by atoms with Crippen LogP contribution in [0.25, 0.3) is 0 Å². The summed E-state index contributed by atoms with van der Waals surface area (Å²) in [5, 5.41) is 9.71. The van der Waals surface area contributed by atoms with E-state index in [0.29, 0.717) is 5.56 Å². The fraction of sp³-hybridized carbons (Fsp3) is 0.467. The van der Waals surface area contributed by atoms with E-state index in [-0.39, 0.29) is 5.91 Å². The Bertz CT molecular complexity index is 676. The van der Waals surface area contributed by atoms with E-state index < -0.39 is 0 Å². The van der Waals surface area contributed by atoms with E-state index in [9.17, 15) is 4.79 Å². The number of anilines is 1. The molecule has 122 valence electrons. The molecule has 8 heteroatoms. The fourth-order valence-corrected chi connectivity index (χ4v) is 2.74. The molecule has 1 aliphatic rings. The summed E-state index contributed by atoms with van der Waals surface area (Å²) in [4.78, 5) is 25.2. The summed E-state index contributed by atoms with van der Waals surface area (Å²) >= 11 is 0. The van der Waals surface area contributed by atoms with Crippen molar-refractivity contribution in [2.75, 3.05) is 38.1 Å². The molecule has 3 rings (SSSR count). The van der Waals surface area contributed by atoms with E-state index >= 15 is 0 Å². The molecule has 2 aromatic heterocycles. The van der Waals surface area contributed by atoms with Crippen molar-refractivity contribution in [2.45, 2.75) is 13.5 Å². The lowest BCUT2D eigenvalue weighted by atomic mass is 10.2. The third kappa shape index (κ3) is 3.48. The van der Waals surface area contributed by atoms with Gasteiger partial charge in [0.1, 0.15) is 11.6 Å². The Balaban J connectivity index is 1.64. The first-order valence-corrected chi connectivity index (χ1v) is 7.69. The summed E-state index contributed by atoms with van der Waals surface area (Å²) < 4.78 is 0. The SMILES string of the molecule is CNC(=O)c1cccnc1N1CCN(Cc2n[nH]c(C)n2)CC1. The molecule has 3 heterocycles. The van der Waals surface area contributed by atoms with E-state index in [0.717, 1.165) is 50.2 Å². The van der Waals surface area contributed by atoms with E-state index in [2.05, 4.69) is 35.3 Å². The second-order valence-electron chi connectivity index (χ2n) is 5.55. The Morgan fingerprint density at radius 1 is 1.35 bits per heavy atom. The van der Waals surface area contributed by atoms with Crippen molar-refractivity contribution in [1.82, 2.24) is 30.4 Å². The standard InChI is InChI=1S/C15H21N7O/c1-11-18-13(20-19-11)10-21-6-8-22(9-7-21)14-12(15(23)16-2)4-3-5-17-14/h3-5H,6-10H2,1-2H3,(H,16,23)(H,18,19,20). The molecular weight excluding hydrogens is 294 g/mol. The molecule has 0 radical (unpaired) electrons. The van der Waals surface area contributed by atoms with Crippen LogP contribution in [0.15, 0.2) is 18.3 Å². The molecule has 2 N–H and O–H groups in total. The second kappa shape index (κ2) is 6.74. The molecule has 0 atom stereocenters. The van der Waals surface area contributed by atoms with Crippen molar-refractivity contribution in [3.63, 3.8) is 0 Å². The minimum Gasteiger partial charge on any atom is -0.355 e. The number of aromatic nitrogens is 4. The summed E-state index contributed by atoms with van der Waals surface area (Å²) in [6.07, 6.45) is 1.73. The minimum atomic E-state index is -0.105. The summed E-state index contributed by atoms with van der Waals surface area (Å²) in [5.74, 6) is 2.30. The summed E-state index contributed by atoms with van der Waals surface area (Å²) in [6, 6.07) is 3.60. The number of pyridine rings is 1. The van der Waals surface area contributed by atoms with Gasteiger partial charge < -0.3 is 10.2 Å². The number of carbonyl (C=O) groups excluding carboxylic acids is 1. The monoisotopic (exact) mass is 315 g/mol. The second-order valence-corrected chi connectivity index (χ2v) is 5.55. The molecule has 0 saturated carbocycles. The summed E-state index contributed by atoms with van der Waals surface area (Å²) in [6.45, 7) is 6.06. The van der Waals surface area contributed by atoms with Crippen molar-refractivity contribution >= 4 is 11.7 Å². The maximum Gasteiger partial charge on any atom is 0.254 e. The van der Waals surface area contributed by atoms with E-state index in [1.807, 2.05) is 13.0 Å². The molecule has 8 nitrogen and oxygen atoms in total. The van der Waals surface area contributed by atoms with Gasteiger partial charge in [-0.3, -0.25) is 14.8 Å². The molecule has 1 amide bonds. The third-order valence-electron chi connectivity index (χ3n) is 3.94. The van der Waals surface area contributed by atoms with Gasteiger partial charge in [0.05, 0.1) is 12.1 Å². The predicted octanol–water partition coefficient (Wildman–Crippen LogP) is 0.190. The van der Waals surface area contributed by atoms with Gasteiger partial charge in [-0.15, -0.1) is 0 Å². The first-order chi connectivity index (χ1) is 11.2. The van der Waals surface area contributed by atoms with Gasteiger partial charge in [0.25, 0.3) is 5.91 Å². The topological polar surface area (TPSA) is 90.0 Å². The van der Waals surface area contributed by atoms with Crippen molar-refractivity contribution in [2.24, 2.45) is 0 Å². The highest BCUT2D eigenvalue weighted by atomic mass is 16.1. The Morgan fingerprint density at radius 3 is 2.78 bits per heavy atom. The summed E-state index contributed by atoms with van der Waals surface area (Å²) in [5.41, 5.74) is 0.619. The summed E-state index contributed by atoms with van der Waals surface area (Å²) in [7, 11) is 1.63. The maximum atomic E-state index is 12.0. The number of H-pyrrole nitrogens is 1. The Hall–Kier alpha value is -2.48. The van der Waals surface area contributed by atoms with E-state index in [1.165, 1.54) is 0 Å². The van der Waals surface area contributed by atoms with Crippen LogP contribution in [0.2, 0.25) is 0 Å². The number of aromatic amines is 1. The zero-order valence-electron chi connectivity index (χ0n) is 13.4. The molecule has 0 spiro atoms. The Labute approximate surface area is 134 Å². The van der Waals surface area contributed by atoms with Gasteiger partial charge in [-0.2, -0.15) is 5.10 Å². The molecule has 0 aromatic carbocycles. The lowest BCUT2D eigenvalue weighted by Crippen LogP contribution is -2.47. The lowest BCUT2D eigenvalue weighted by molar-refractivity contribution is 0.0963. The molecule has 1 saturated heterocycles. The number of hydrogen-bond acceptors (Lipinski definition) is 6. The van der Waals surface area contributed by atoms with Gasteiger partial charge in [0.15, 0.2) is 5.82 Å². The smallest absolute Gasteiger partial charge is 0.254 e. The van der Waals surface area contributed by atoms with Crippen LogP contribution in [0.1, 0.15) is 22.0 Å². The molecule has 0 aliphatic carbocycles. The molecular formula is C15H21N7O. The minimum absolute atomic E-state index is 0.105. The van der Waals surface area contributed by atoms with Crippen LogP contribution in [0.4, 0.5) is 5.82 Å². The Kier molecular flexibility index (Phi) is 4.52. The highest BCUT2D eigenvalue weighted by molar-refractivity contribution is 5.98. The number of piperazine rings is 1. The zero-order chi connectivity index (χ0) is 16.2. The molecule has 0 unspecified atom stereocenters. The van der Waals surface area contributed by atoms with Gasteiger partial charge in [-0.05, 0) is 19.1 Å². The average molecular weight is 315 g/mol. The third-order valence-corrected chi connectivity index (χ3v) is 3.94. The normalized spacial score (nSPS) is 15.7. The fourth-order valence-electron chi connectivity index (χ4n) is 2.74. The van der Waals surface area contributed by atoms with Gasteiger partial charge in [-0.1, -0.05) is 0 Å². The van der Waals surface area contributed by atoms with Crippen molar-refractivity contribution in [1.29, 1.82) is 0 Å². The van der Waals surface area contributed by atoms with Crippen molar-refractivity contribution < 1.29 is 4.79 Å². The number of aryl methyl sites for hydroxylation is 1. The first kappa shape index (κ1) is 15.4. The Morgan fingerprint density at radius 2 is 2.13 bits per heavy atom. The quantitative estimate of drug-likeness (QED) is 0.837. The number of nitrogens with one attached hydrogen (secondary N) is 2. The first-order valence-electron chi connectivity index (χ1n) is 7.69. The molecule has 0 bridgehead atoms. The van der Waals surface area contributed by atoms with E-state index in [1.54, 1.807) is 19.3 Å². The van der Waals surface area contributed by atoms with Crippen LogP contribution in [-0.4, -0.2) is 64.2 Å². The van der Waals surface area contributed by atoms with Crippen LogP contribution in [0.5, 0.6) is 0 Å². The molecule has 1 aliphatic heterocycles. The van der Waals surface area contributed by atoms with Crippen LogP contribution < -0.4 is 10.2 Å². The molecule has 1 fully saturated rings. The van der Waals surface area contributed by atoms with Crippen molar-refractivity contribution in [3.05, 3.63) is 35.5 Å². The number of amides is 1. The van der Waals surface area contributed by atoms with Crippen LogP contribution in [0.3, 0.4) is 0 Å². The largest absolute Gasteiger partial charge is 0.355 e. The zero-order valence-corrected chi connectivity index (χ0v) is 13.4. The molecule has 23 heavy (non-hydrogen) atoms. The van der Waals surface area contributed by atoms with Crippen LogP contribution in [-0.2, 0) is 6.54 Å². The highest BCUT2D eigenvalue weighted by Crippen LogP contribution is 2.19. The number of carbonyl (C=O) groups is 1. The van der Waals surface area contributed by atoms with Gasteiger partial charge in [0.2, 0.25) is 0 Å².